The summed E-state index contributed by atoms with van der Waals surface area (Å²) in [4.78, 5) is 12.7. The molecule has 4 rings (SSSR count). The highest BCUT2D eigenvalue weighted by atomic mass is 35.5. The van der Waals surface area contributed by atoms with Gasteiger partial charge < -0.3 is 15.4 Å². The molecular formula is C27H28ClN5O2S. The summed E-state index contributed by atoms with van der Waals surface area (Å²) in [5, 5.41) is 16.0. The first-order chi connectivity index (χ1) is 17.4. The van der Waals surface area contributed by atoms with Crippen LogP contribution in [-0.2, 0) is 12.3 Å². The number of aromatic nitrogens is 3. The van der Waals surface area contributed by atoms with E-state index in [1.54, 1.807) is 18.9 Å². The predicted molar refractivity (Wildman–Crippen MR) is 145 cm³/mol. The fourth-order valence-corrected chi connectivity index (χ4v) is 4.77. The smallest absolute Gasteiger partial charge is 0.319 e. The van der Waals surface area contributed by atoms with Crippen molar-refractivity contribution >= 4 is 35.1 Å². The average molecular weight is 522 g/mol. The molecule has 1 heterocycles. The van der Waals surface area contributed by atoms with Crippen molar-refractivity contribution in [1.82, 2.24) is 20.1 Å². The van der Waals surface area contributed by atoms with Gasteiger partial charge in [-0.2, -0.15) is 0 Å². The molecule has 0 saturated carbocycles. The van der Waals surface area contributed by atoms with Gasteiger partial charge in [0.05, 0.1) is 19.3 Å². The van der Waals surface area contributed by atoms with E-state index in [-0.39, 0.29) is 12.6 Å². The monoisotopic (exact) mass is 521 g/mol. The molecule has 0 aliphatic carbocycles. The van der Waals surface area contributed by atoms with Crippen molar-refractivity contribution in [3.63, 3.8) is 0 Å². The molecule has 0 bridgehead atoms. The number of urea groups is 1. The van der Waals surface area contributed by atoms with E-state index < -0.39 is 0 Å². The van der Waals surface area contributed by atoms with Gasteiger partial charge >= 0.3 is 6.03 Å². The number of nitrogens with one attached hydrogen (secondary N) is 2. The second-order valence-corrected chi connectivity index (χ2v) is 9.74. The van der Waals surface area contributed by atoms with Gasteiger partial charge in [-0.1, -0.05) is 53.7 Å². The molecule has 0 fully saturated rings. The Balaban J connectivity index is 1.56. The van der Waals surface area contributed by atoms with Crippen LogP contribution >= 0.6 is 23.4 Å². The highest BCUT2D eigenvalue weighted by Gasteiger charge is 2.18. The first kappa shape index (κ1) is 25.6. The van der Waals surface area contributed by atoms with Crippen LogP contribution in [0, 0.1) is 20.8 Å². The van der Waals surface area contributed by atoms with E-state index in [2.05, 4.69) is 20.8 Å². The number of thioether (sulfide) groups is 1. The lowest BCUT2D eigenvalue weighted by atomic mass is 10.1. The van der Waals surface area contributed by atoms with Gasteiger partial charge in [0.2, 0.25) is 0 Å². The molecule has 0 aliphatic heterocycles. The number of halogens is 1. The molecule has 7 nitrogen and oxygen atoms in total. The first-order valence-corrected chi connectivity index (χ1v) is 12.8. The Bertz CT molecular complexity index is 1390. The lowest BCUT2D eigenvalue weighted by Gasteiger charge is -2.15. The zero-order valence-corrected chi connectivity index (χ0v) is 22.2. The molecule has 0 unspecified atom stereocenters. The van der Waals surface area contributed by atoms with E-state index in [0.717, 1.165) is 39.4 Å². The molecule has 2 N–H and O–H groups in total. The standard InChI is InChI=1S/C27H28ClN5O2S/c1-17-7-5-10-23(19(17)3)30-26(34)29-15-25-31-32-27(33(25)24-14-21(28)12-11-18(24)2)36-16-20-8-6-9-22(13-20)35-4/h5-14H,15-16H2,1-4H3,(H2,29,30,34). The number of hydrogen-bond donors (Lipinski definition) is 2. The molecular weight excluding hydrogens is 494 g/mol. The minimum absolute atomic E-state index is 0.190. The predicted octanol–water partition coefficient (Wildman–Crippen LogP) is 6.47. The van der Waals surface area contributed by atoms with E-state index in [9.17, 15) is 4.79 Å². The average Bonchev–Trinajstić information content (AvgIpc) is 3.28. The van der Waals surface area contributed by atoms with Crippen molar-refractivity contribution in [2.45, 2.75) is 38.2 Å². The van der Waals surface area contributed by atoms with Crippen LogP contribution in [0.2, 0.25) is 5.02 Å². The molecule has 0 aliphatic rings. The molecule has 0 radical (unpaired) electrons. The SMILES string of the molecule is COc1cccc(CSc2nnc(CNC(=O)Nc3cccc(C)c3C)n2-c2cc(Cl)ccc2C)c1. The summed E-state index contributed by atoms with van der Waals surface area (Å²) in [6.45, 7) is 6.19. The van der Waals surface area contributed by atoms with E-state index in [1.807, 2.05) is 86.0 Å². The van der Waals surface area contributed by atoms with Crippen molar-refractivity contribution in [2.24, 2.45) is 0 Å². The number of methoxy groups -OCH3 is 1. The maximum absolute atomic E-state index is 12.7. The highest BCUT2D eigenvalue weighted by molar-refractivity contribution is 7.98. The molecule has 0 saturated heterocycles. The Morgan fingerprint density at radius 3 is 2.64 bits per heavy atom. The maximum Gasteiger partial charge on any atom is 0.319 e. The van der Waals surface area contributed by atoms with Crippen LogP contribution in [-0.4, -0.2) is 27.9 Å². The maximum atomic E-state index is 12.7. The van der Waals surface area contributed by atoms with Crippen molar-refractivity contribution in [3.8, 4) is 11.4 Å². The fourth-order valence-electron chi connectivity index (χ4n) is 3.70. The molecule has 0 atom stereocenters. The largest absolute Gasteiger partial charge is 0.497 e. The summed E-state index contributed by atoms with van der Waals surface area (Å²) in [6, 6.07) is 19.1. The Labute approximate surface area is 220 Å². The fraction of sp³-hybridized carbons (Fsp3) is 0.222. The summed E-state index contributed by atoms with van der Waals surface area (Å²) in [6.07, 6.45) is 0. The Morgan fingerprint density at radius 2 is 1.83 bits per heavy atom. The summed E-state index contributed by atoms with van der Waals surface area (Å²) >= 11 is 7.89. The van der Waals surface area contributed by atoms with Crippen LogP contribution in [0.5, 0.6) is 5.75 Å². The number of ether oxygens (including phenoxy) is 1. The normalized spacial score (nSPS) is 10.8. The van der Waals surface area contributed by atoms with Crippen LogP contribution in [0.4, 0.5) is 10.5 Å². The van der Waals surface area contributed by atoms with Gasteiger partial charge in [-0.25, -0.2) is 4.79 Å². The lowest BCUT2D eigenvalue weighted by Crippen LogP contribution is -2.29. The molecule has 1 aromatic heterocycles. The zero-order chi connectivity index (χ0) is 25.7. The van der Waals surface area contributed by atoms with Crippen LogP contribution < -0.4 is 15.4 Å². The number of carbonyl (C=O) groups is 1. The van der Waals surface area contributed by atoms with E-state index in [4.69, 9.17) is 16.3 Å². The minimum atomic E-state index is -0.313. The number of anilines is 1. The molecule has 9 heteroatoms. The number of amides is 2. The topological polar surface area (TPSA) is 81.1 Å². The second-order valence-electron chi connectivity index (χ2n) is 8.36. The summed E-state index contributed by atoms with van der Waals surface area (Å²) in [5.41, 5.74) is 5.90. The van der Waals surface area contributed by atoms with Gasteiger partial charge in [-0.15, -0.1) is 10.2 Å². The van der Waals surface area contributed by atoms with Gasteiger partial charge in [0.25, 0.3) is 0 Å². The molecule has 4 aromatic rings. The van der Waals surface area contributed by atoms with E-state index in [0.29, 0.717) is 21.8 Å². The van der Waals surface area contributed by atoms with Crippen molar-refractivity contribution in [3.05, 3.63) is 93.8 Å². The van der Waals surface area contributed by atoms with Gasteiger partial charge in [-0.3, -0.25) is 4.57 Å². The van der Waals surface area contributed by atoms with E-state index in [1.165, 1.54) is 0 Å². The van der Waals surface area contributed by atoms with Crippen molar-refractivity contribution in [2.75, 3.05) is 12.4 Å². The van der Waals surface area contributed by atoms with Crippen LogP contribution in [0.3, 0.4) is 0 Å². The van der Waals surface area contributed by atoms with Crippen molar-refractivity contribution < 1.29 is 9.53 Å². The third-order valence-corrected chi connectivity index (χ3v) is 7.11. The third kappa shape index (κ3) is 6.01. The summed E-state index contributed by atoms with van der Waals surface area (Å²) in [5.74, 6) is 2.08. The molecule has 0 spiro atoms. The highest BCUT2D eigenvalue weighted by Crippen LogP contribution is 2.29. The molecule has 36 heavy (non-hydrogen) atoms. The quantitative estimate of drug-likeness (QED) is 0.260. The second kappa shape index (κ2) is 11.5. The molecule has 3 aromatic carbocycles. The van der Waals surface area contributed by atoms with Gasteiger partial charge in [-0.05, 0) is 73.4 Å². The van der Waals surface area contributed by atoms with Gasteiger partial charge in [0.1, 0.15) is 5.75 Å². The van der Waals surface area contributed by atoms with E-state index >= 15 is 0 Å². The Kier molecular flexibility index (Phi) is 8.18. The Hall–Kier alpha value is -3.49. The third-order valence-electron chi connectivity index (χ3n) is 5.87. The number of nitrogens with zero attached hydrogens (tertiary/aromatic N) is 3. The zero-order valence-electron chi connectivity index (χ0n) is 20.6. The van der Waals surface area contributed by atoms with Crippen LogP contribution in [0.25, 0.3) is 5.69 Å². The minimum Gasteiger partial charge on any atom is -0.497 e. The number of hydrogen-bond acceptors (Lipinski definition) is 5. The van der Waals surface area contributed by atoms with Crippen LogP contribution in [0.15, 0.2) is 65.8 Å². The number of carbonyl (C=O) groups excluding carboxylic acids is 1. The van der Waals surface area contributed by atoms with Crippen molar-refractivity contribution in [1.29, 1.82) is 0 Å². The number of benzene rings is 3. The van der Waals surface area contributed by atoms with Gasteiger partial charge in [0.15, 0.2) is 11.0 Å². The number of aryl methyl sites for hydroxylation is 2. The Morgan fingerprint density at radius 1 is 1.03 bits per heavy atom. The van der Waals surface area contributed by atoms with Gasteiger partial charge in [0, 0.05) is 16.5 Å². The number of rotatable bonds is 8. The summed E-state index contributed by atoms with van der Waals surface area (Å²) in [7, 11) is 1.65. The molecule has 186 valence electrons. The lowest BCUT2D eigenvalue weighted by molar-refractivity contribution is 0.251. The molecule has 2 amide bonds. The first-order valence-electron chi connectivity index (χ1n) is 11.4. The van der Waals surface area contributed by atoms with Crippen LogP contribution in [0.1, 0.15) is 28.1 Å². The summed E-state index contributed by atoms with van der Waals surface area (Å²) < 4.78 is 7.29.